The van der Waals surface area contributed by atoms with Crippen LogP contribution in [-0.4, -0.2) is 18.3 Å². The van der Waals surface area contributed by atoms with E-state index in [1.54, 1.807) is 19.1 Å². The number of aryl methyl sites for hydroxylation is 1. The summed E-state index contributed by atoms with van der Waals surface area (Å²) in [6.07, 6.45) is 1.68. The van der Waals surface area contributed by atoms with Crippen LogP contribution in [0.4, 0.5) is 14.5 Å². The number of nitrogens with one attached hydrogen (secondary N) is 2. The molecule has 1 aromatic rings. The van der Waals surface area contributed by atoms with E-state index in [2.05, 4.69) is 21.9 Å². The second-order valence-corrected chi connectivity index (χ2v) is 3.89. The Morgan fingerprint density at radius 2 is 2.28 bits per heavy atom. The van der Waals surface area contributed by atoms with Crippen LogP contribution in [0.25, 0.3) is 0 Å². The van der Waals surface area contributed by atoms with Gasteiger partial charge in [-0.1, -0.05) is 6.08 Å². The van der Waals surface area contributed by atoms with Crippen LogP contribution in [-0.2, 0) is 0 Å². The molecule has 1 rings (SSSR count). The van der Waals surface area contributed by atoms with E-state index < -0.39 is 6.61 Å². The average molecular weight is 272 g/mol. The van der Waals surface area contributed by atoms with E-state index in [4.69, 9.17) is 12.2 Å². The molecule has 0 aliphatic carbocycles. The van der Waals surface area contributed by atoms with E-state index in [0.29, 0.717) is 11.7 Å². The Bertz CT molecular complexity index is 438. The van der Waals surface area contributed by atoms with Crippen LogP contribution in [0.2, 0.25) is 0 Å². The first-order chi connectivity index (χ1) is 8.52. The first kappa shape index (κ1) is 14.4. The topological polar surface area (TPSA) is 33.3 Å². The zero-order valence-electron chi connectivity index (χ0n) is 9.87. The highest BCUT2D eigenvalue weighted by Crippen LogP contribution is 2.22. The fraction of sp³-hybridized carbons (Fsp3) is 0.250. The van der Waals surface area contributed by atoms with Gasteiger partial charge in [0.1, 0.15) is 5.75 Å². The molecule has 0 saturated carbocycles. The zero-order valence-corrected chi connectivity index (χ0v) is 10.7. The van der Waals surface area contributed by atoms with Crippen molar-refractivity contribution in [2.75, 3.05) is 11.9 Å². The Morgan fingerprint density at radius 1 is 1.56 bits per heavy atom. The van der Waals surface area contributed by atoms with E-state index >= 15 is 0 Å². The maximum absolute atomic E-state index is 12.0. The van der Waals surface area contributed by atoms with Crippen LogP contribution < -0.4 is 15.4 Å². The summed E-state index contributed by atoms with van der Waals surface area (Å²) in [5.41, 5.74) is 1.49. The largest absolute Gasteiger partial charge is 0.435 e. The average Bonchev–Trinajstić information content (AvgIpc) is 2.29. The molecule has 0 bridgehead atoms. The first-order valence-corrected chi connectivity index (χ1v) is 5.65. The molecular formula is C12H14F2N2OS. The molecule has 2 N–H and O–H groups in total. The van der Waals surface area contributed by atoms with Crippen LogP contribution in [0.1, 0.15) is 5.56 Å². The molecule has 98 valence electrons. The van der Waals surface area contributed by atoms with Crippen LogP contribution in [0, 0.1) is 6.92 Å². The van der Waals surface area contributed by atoms with Gasteiger partial charge < -0.3 is 15.4 Å². The third kappa shape index (κ3) is 4.67. The highest BCUT2D eigenvalue weighted by atomic mass is 32.1. The summed E-state index contributed by atoms with van der Waals surface area (Å²) in [5, 5.41) is 6.31. The molecule has 0 aliphatic rings. The summed E-state index contributed by atoms with van der Waals surface area (Å²) >= 11 is 5.04. The Hall–Kier alpha value is -1.69. The summed E-state index contributed by atoms with van der Waals surface area (Å²) in [6, 6.07) is 4.61. The second kappa shape index (κ2) is 6.90. The third-order valence-electron chi connectivity index (χ3n) is 2.08. The van der Waals surface area contributed by atoms with Crippen molar-refractivity contribution in [2.24, 2.45) is 0 Å². The molecule has 0 amide bonds. The van der Waals surface area contributed by atoms with Gasteiger partial charge in [0.2, 0.25) is 0 Å². The lowest BCUT2D eigenvalue weighted by atomic mass is 10.2. The van der Waals surface area contributed by atoms with Crippen molar-refractivity contribution in [3.63, 3.8) is 0 Å². The van der Waals surface area contributed by atoms with Gasteiger partial charge in [0, 0.05) is 12.2 Å². The van der Waals surface area contributed by atoms with Crippen molar-refractivity contribution in [2.45, 2.75) is 13.5 Å². The van der Waals surface area contributed by atoms with Gasteiger partial charge >= 0.3 is 6.61 Å². The Balaban J connectivity index is 2.67. The van der Waals surface area contributed by atoms with Crippen molar-refractivity contribution < 1.29 is 13.5 Å². The number of benzene rings is 1. The lowest BCUT2D eigenvalue weighted by molar-refractivity contribution is -0.0498. The summed E-state index contributed by atoms with van der Waals surface area (Å²) in [5.74, 6) is 0.123. The normalized spacial score (nSPS) is 10.0. The number of alkyl halides is 2. The molecule has 0 atom stereocenters. The maximum Gasteiger partial charge on any atom is 0.387 e. The van der Waals surface area contributed by atoms with E-state index in [1.165, 1.54) is 12.1 Å². The number of rotatable bonds is 5. The van der Waals surface area contributed by atoms with Gasteiger partial charge in [-0.15, -0.1) is 6.58 Å². The minimum atomic E-state index is -2.82. The van der Waals surface area contributed by atoms with Gasteiger partial charge in [-0.05, 0) is 42.9 Å². The molecule has 0 heterocycles. The van der Waals surface area contributed by atoms with Crippen molar-refractivity contribution in [3.8, 4) is 5.75 Å². The minimum absolute atomic E-state index is 0.123. The fourth-order valence-electron chi connectivity index (χ4n) is 1.28. The molecule has 0 unspecified atom stereocenters. The molecule has 6 heteroatoms. The monoisotopic (exact) mass is 272 g/mol. The predicted octanol–water partition coefficient (Wildman–Crippen LogP) is 3.07. The van der Waals surface area contributed by atoms with Gasteiger partial charge in [-0.2, -0.15) is 8.78 Å². The predicted molar refractivity (Wildman–Crippen MR) is 72.2 cm³/mol. The quantitative estimate of drug-likeness (QED) is 0.637. The van der Waals surface area contributed by atoms with Gasteiger partial charge in [-0.3, -0.25) is 0 Å². The highest BCUT2D eigenvalue weighted by Gasteiger charge is 2.06. The molecule has 0 aromatic heterocycles. The first-order valence-electron chi connectivity index (χ1n) is 5.24. The van der Waals surface area contributed by atoms with Crippen LogP contribution in [0.15, 0.2) is 30.9 Å². The summed E-state index contributed by atoms with van der Waals surface area (Å²) in [4.78, 5) is 0. The lowest BCUT2D eigenvalue weighted by Crippen LogP contribution is -2.28. The minimum Gasteiger partial charge on any atom is -0.435 e. The van der Waals surface area contributed by atoms with E-state index in [-0.39, 0.29) is 5.75 Å². The van der Waals surface area contributed by atoms with Crippen LogP contribution >= 0.6 is 12.2 Å². The number of hydrogen-bond acceptors (Lipinski definition) is 2. The lowest BCUT2D eigenvalue weighted by Gasteiger charge is -2.12. The maximum atomic E-state index is 12.0. The molecule has 3 nitrogen and oxygen atoms in total. The van der Waals surface area contributed by atoms with Crippen molar-refractivity contribution in [1.29, 1.82) is 0 Å². The number of anilines is 1. The Morgan fingerprint density at radius 3 is 2.83 bits per heavy atom. The van der Waals surface area contributed by atoms with Gasteiger partial charge in [0.05, 0.1) is 0 Å². The van der Waals surface area contributed by atoms with Crippen molar-refractivity contribution in [1.82, 2.24) is 5.32 Å². The molecule has 1 aromatic carbocycles. The molecular weight excluding hydrogens is 258 g/mol. The molecule has 0 saturated heterocycles. The van der Waals surface area contributed by atoms with Gasteiger partial charge in [0.25, 0.3) is 0 Å². The van der Waals surface area contributed by atoms with E-state index in [9.17, 15) is 8.78 Å². The number of ether oxygens (including phenoxy) is 1. The molecule has 0 radical (unpaired) electrons. The number of hydrogen-bond donors (Lipinski definition) is 2. The van der Waals surface area contributed by atoms with Crippen LogP contribution in [0.3, 0.4) is 0 Å². The van der Waals surface area contributed by atoms with E-state index in [0.717, 1.165) is 11.3 Å². The molecule has 18 heavy (non-hydrogen) atoms. The Kier molecular flexibility index (Phi) is 5.51. The fourth-order valence-corrected chi connectivity index (χ4v) is 1.48. The van der Waals surface area contributed by atoms with Crippen LogP contribution in [0.5, 0.6) is 5.75 Å². The SMILES string of the molecule is C=CCNC(=S)Nc1ccc(OC(F)F)cc1C. The van der Waals surface area contributed by atoms with Crippen molar-refractivity contribution in [3.05, 3.63) is 36.4 Å². The third-order valence-corrected chi connectivity index (χ3v) is 2.32. The van der Waals surface area contributed by atoms with Crippen molar-refractivity contribution >= 4 is 23.0 Å². The number of halogens is 2. The second-order valence-electron chi connectivity index (χ2n) is 3.48. The number of thiocarbonyl (C=S) groups is 1. The standard InChI is InChI=1S/C12H14F2N2OS/c1-3-6-15-12(18)16-10-5-4-9(7-8(10)2)17-11(13)14/h3-5,7,11H,1,6H2,2H3,(H2,15,16,18). The highest BCUT2D eigenvalue weighted by molar-refractivity contribution is 7.80. The van der Waals surface area contributed by atoms with Gasteiger partial charge in [-0.25, -0.2) is 0 Å². The molecule has 0 fully saturated rings. The van der Waals surface area contributed by atoms with Gasteiger partial charge in [0.15, 0.2) is 5.11 Å². The smallest absolute Gasteiger partial charge is 0.387 e. The zero-order chi connectivity index (χ0) is 13.5. The molecule has 0 aliphatic heterocycles. The summed E-state index contributed by atoms with van der Waals surface area (Å²) in [7, 11) is 0. The van der Waals surface area contributed by atoms with E-state index in [1.807, 2.05) is 0 Å². The molecule has 0 spiro atoms. The Labute approximate surface area is 110 Å². The summed E-state index contributed by atoms with van der Waals surface area (Å²) < 4.78 is 28.3. The summed E-state index contributed by atoms with van der Waals surface area (Å²) in [6.45, 7) is 3.07.